The summed E-state index contributed by atoms with van der Waals surface area (Å²) in [7, 11) is 0. The van der Waals surface area contributed by atoms with E-state index in [9.17, 15) is 9.59 Å². The van der Waals surface area contributed by atoms with Gasteiger partial charge in [-0.2, -0.15) is 0 Å². The molecular formula is C15H28N2O4. The van der Waals surface area contributed by atoms with Crippen molar-refractivity contribution in [2.24, 2.45) is 5.92 Å². The number of carbonyl (C=O) groups is 2. The summed E-state index contributed by atoms with van der Waals surface area (Å²) in [6, 6.07) is 0. The molecule has 0 aromatic rings. The minimum atomic E-state index is -0.796. The second-order valence-electron chi connectivity index (χ2n) is 6.66. The van der Waals surface area contributed by atoms with Crippen LogP contribution in [-0.4, -0.2) is 65.3 Å². The highest BCUT2D eigenvalue weighted by molar-refractivity contribution is 5.69. The molecule has 0 bridgehead atoms. The summed E-state index contributed by atoms with van der Waals surface area (Å²) in [5, 5.41) is 8.87. The van der Waals surface area contributed by atoms with Gasteiger partial charge in [0.25, 0.3) is 0 Å². The van der Waals surface area contributed by atoms with Crippen LogP contribution in [0.5, 0.6) is 0 Å². The van der Waals surface area contributed by atoms with Gasteiger partial charge in [-0.05, 0) is 53.0 Å². The summed E-state index contributed by atoms with van der Waals surface area (Å²) in [4.78, 5) is 26.6. The van der Waals surface area contributed by atoms with Crippen molar-refractivity contribution in [2.75, 3.05) is 32.7 Å². The van der Waals surface area contributed by atoms with Gasteiger partial charge in [-0.15, -0.1) is 0 Å². The fraction of sp³-hybridized carbons (Fsp3) is 0.867. The van der Waals surface area contributed by atoms with Gasteiger partial charge in [0.15, 0.2) is 0 Å². The van der Waals surface area contributed by atoms with Gasteiger partial charge in [-0.3, -0.25) is 9.69 Å². The van der Waals surface area contributed by atoms with Crippen molar-refractivity contribution in [3.05, 3.63) is 0 Å². The normalized spacial score (nSPS) is 20.1. The summed E-state index contributed by atoms with van der Waals surface area (Å²) in [6.07, 6.45) is 1.71. The van der Waals surface area contributed by atoms with Crippen molar-refractivity contribution in [1.82, 2.24) is 9.80 Å². The first-order chi connectivity index (χ1) is 9.71. The molecule has 0 aliphatic carbocycles. The van der Waals surface area contributed by atoms with Crippen LogP contribution in [0.1, 0.15) is 40.5 Å². The molecule has 1 aliphatic heterocycles. The lowest BCUT2D eigenvalue weighted by Crippen LogP contribution is -2.45. The fourth-order valence-electron chi connectivity index (χ4n) is 2.61. The number of rotatable bonds is 5. The van der Waals surface area contributed by atoms with E-state index >= 15 is 0 Å². The van der Waals surface area contributed by atoms with Crippen LogP contribution < -0.4 is 0 Å². The van der Waals surface area contributed by atoms with Crippen LogP contribution in [0, 0.1) is 5.92 Å². The van der Waals surface area contributed by atoms with Crippen LogP contribution in [0.2, 0.25) is 0 Å². The predicted molar refractivity (Wildman–Crippen MR) is 80.3 cm³/mol. The van der Waals surface area contributed by atoms with Crippen molar-refractivity contribution < 1.29 is 19.4 Å². The lowest BCUT2D eigenvalue weighted by Gasteiger charge is -2.35. The first-order valence-electron chi connectivity index (χ1n) is 7.63. The Morgan fingerprint density at radius 2 is 2.05 bits per heavy atom. The molecule has 6 heteroatoms. The van der Waals surface area contributed by atoms with Gasteiger partial charge >= 0.3 is 12.1 Å². The third-order valence-electron chi connectivity index (χ3n) is 3.47. The summed E-state index contributed by atoms with van der Waals surface area (Å²) in [5.41, 5.74) is -0.494. The number of aliphatic carboxylic acids is 1. The average Bonchev–Trinajstić information content (AvgIpc) is 2.33. The van der Waals surface area contributed by atoms with Gasteiger partial charge in [0.05, 0.1) is 6.54 Å². The number of nitrogens with zero attached hydrogens (tertiary/aromatic N) is 2. The molecule has 1 saturated heterocycles. The lowest BCUT2D eigenvalue weighted by molar-refractivity contribution is -0.138. The number of hydrogen-bond acceptors (Lipinski definition) is 4. The summed E-state index contributed by atoms with van der Waals surface area (Å²) >= 11 is 0. The van der Waals surface area contributed by atoms with Crippen LogP contribution in [0.15, 0.2) is 0 Å². The highest BCUT2D eigenvalue weighted by atomic mass is 16.6. The Labute approximate surface area is 127 Å². The minimum Gasteiger partial charge on any atom is -0.480 e. The molecule has 1 heterocycles. The summed E-state index contributed by atoms with van der Waals surface area (Å²) in [6.45, 7) is 10.4. The zero-order valence-electron chi connectivity index (χ0n) is 13.6. The number of carboxylic acids is 1. The van der Waals surface area contributed by atoms with E-state index in [0.717, 1.165) is 25.9 Å². The first kappa shape index (κ1) is 17.8. The second-order valence-corrected chi connectivity index (χ2v) is 6.66. The van der Waals surface area contributed by atoms with Gasteiger partial charge in [0, 0.05) is 19.6 Å². The molecule has 0 aromatic carbocycles. The molecule has 6 nitrogen and oxygen atoms in total. The number of carbonyl (C=O) groups excluding carboxylic acids is 1. The Morgan fingerprint density at radius 3 is 2.57 bits per heavy atom. The standard InChI is InChI=1S/C15H28N2O4/c1-5-17(14(20)21-15(2,3)4)10-12-7-6-8-16(9-12)11-13(18)19/h12H,5-11H2,1-4H3,(H,18,19). The van der Waals surface area contributed by atoms with E-state index in [-0.39, 0.29) is 12.6 Å². The van der Waals surface area contributed by atoms with E-state index in [1.165, 1.54) is 0 Å². The Bertz CT molecular complexity index is 365. The van der Waals surface area contributed by atoms with Crippen LogP contribution in [0.3, 0.4) is 0 Å². The molecule has 122 valence electrons. The number of amides is 1. The van der Waals surface area contributed by atoms with Gasteiger partial charge < -0.3 is 14.7 Å². The summed E-state index contributed by atoms with van der Waals surface area (Å²) in [5.74, 6) is -0.485. The van der Waals surface area contributed by atoms with Gasteiger partial charge in [0.1, 0.15) is 5.60 Å². The maximum absolute atomic E-state index is 12.1. The van der Waals surface area contributed by atoms with Crippen molar-refractivity contribution in [3.63, 3.8) is 0 Å². The van der Waals surface area contributed by atoms with Crippen molar-refractivity contribution in [1.29, 1.82) is 0 Å². The average molecular weight is 300 g/mol. The van der Waals surface area contributed by atoms with Gasteiger partial charge in [-0.1, -0.05) is 0 Å². The zero-order valence-corrected chi connectivity index (χ0v) is 13.6. The SMILES string of the molecule is CCN(CC1CCCN(CC(=O)O)C1)C(=O)OC(C)(C)C. The lowest BCUT2D eigenvalue weighted by atomic mass is 9.97. The van der Waals surface area contributed by atoms with E-state index in [4.69, 9.17) is 9.84 Å². The largest absolute Gasteiger partial charge is 0.480 e. The molecule has 1 fully saturated rings. The fourth-order valence-corrected chi connectivity index (χ4v) is 2.61. The molecule has 0 radical (unpaired) electrons. The van der Waals surface area contributed by atoms with Gasteiger partial charge in [-0.25, -0.2) is 4.79 Å². The topological polar surface area (TPSA) is 70.1 Å². The summed E-state index contributed by atoms with van der Waals surface area (Å²) < 4.78 is 5.40. The van der Waals surface area contributed by atoms with Gasteiger partial charge in [0.2, 0.25) is 0 Å². The molecule has 1 N–H and O–H groups in total. The molecule has 0 saturated carbocycles. The van der Waals surface area contributed by atoms with E-state index < -0.39 is 11.6 Å². The maximum atomic E-state index is 12.1. The molecule has 1 unspecified atom stereocenters. The van der Waals surface area contributed by atoms with Crippen molar-refractivity contribution in [3.8, 4) is 0 Å². The second kappa shape index (κ2) is 7.64. The number of carboxylic acid groups (broad SMARTS) is 1. The van der Waals surface area contributed by atoms with Crippen LogP contribution in [0.25, 0.3) is 0 Å². The van der Waals surface area contributed by atoms with Crippen LogP contribution in [0.4, 0.5) is 4.79 Å². The van der Waals surface area contributed by atoms with Crippen molar-refractivity contribution in [2.45, 2.75) is 46.1 Å². The van der Waals surface area contributed by atoms with E-state index in [1.54, 1.807) is 4.90 Å². The number of piperidine rings is 1. The monoisotopic (exact) mass is 300 g/mol. The molecule has 1 amide bonds. The van der Waals surface area contributed by atoms with E-state index in [0.29, 0.717) is 19.0 Å². The highest BCUT2D eigenvalue weighted by Gasteiger charge is 2.27. The van der Waals surface area contributed by atoms with Crippen LogP contribution >= 0.6 is 0 Å². The third-order valence-corrected chi connectivity index (χ3v) is 3.47. The molecule has 1 atom stereocenters. The minimum absolute atomic E-state index is 0.0784. The first-order valence-corrected chi connectivity index (χ1v) is 7.63. The number of ether oxygens (including phenoxy) is 1. The molecule has 0 spiro atoms. The molecular weight excluding hydrogens is 272 g/mol. The number of hydrogen-bond donors (Lipinski definition) is 1. The Hall–Kier alpha value is -1.30. The number of likely N-dealkylation sites (tertiary alicyclic amines) is 1. The third kappa shape index (κ3) is 6.80. The predicted octanol–water partition coefficient (Wildman–Crippen LogP) is 2.04. The Kier molecular flexibility index (Phi) is 6.45. The molecule has 1 rings (SSSR count). The molecule has 21 heavy (non-hydrogen) atoms. The van der Waals surface area contributed by atoms with E-state index in [2.05, 4.69) is 0 Å². The smallest absolute Gasteiger partial charge is 0.410 e. The Balaban J connectivity index is 2.52. The Morgan fingerprint density at radius 1 is 1.38 bits per heavy atom. The highest BCUT2D eigenvalue weighted by Crippen LogP contribution is 2.19. The van der Waals surface area contributed by atoms with Crippen molar-refractivity contribution >= 4 is 12.1 Å². The van der Waals surface area contributed by atoms with E-state index in [1.807, 2.05) is 32.6 Å². The zero-order chi connectivity index (χ0) is 16.0. The maximum Gasteiger partial charge on any atom is 0.410 e. The molecule has 1 aliphatic rings. The van der Waals surface area contributed by atoms with Crippen LogP contribution in [-0.2, 0) is 9.53 Å². The quantitative estimate of drug-likeness (QED) is 0.841. The molecule has 0 aromatic heterocycles.